The number of rotatable bonds is 7. The highest BCUT2D eigenvalue weighted by molar-refractivity contribution is 7.07. The van der Waals surface area contributed by atoms with E-state index in [9.17, 15) is 4.79 Å². The van der Waals surface area contributed by atoms with Gasteiger partial charge in [-0.25, -0.2) is 0 Å². The molecule has 0 aromatic carbocycles. The van der Waals surface area contributed by atoms with E-state index in [1.165, 1.54) is 37.7 Å². The molecule has 3 heteroatoms. The number of unbranched alkanes of at least 4 members (excludes halogenated alkanes) is 1. The zero-order valence-electron chi connectivity index (χ0n) is 12.6. The lowest BCUT2D eigenvalue weighted by Crippen LogP contribution is -2.34. The molecular weight excluding hydrogens is 266 g/mol. The zero-order valence-corrected chi connectivity index (χ0v) is 13.4. The van der Waals surface area contributed by atoms with E-state index in [-0.39, 0.29) is 11.8 Å². The van der Waals surface area contributed by atoms with E-state index < -0.39 is 0 Å². The fourth-order valence-electron chi connectivity index (χ4n) is 3.12. The van der Waals surface area contributed by atoms with Gasteiger partial charge in [-0.2, -0.15) is 11.3 Å². The van der Waals surface area contributed by atoms with E-state index in [4.69, 9.17) is 0 Å². The van der Waals surface area contributed by atoms with Crippen molar-refractivity contribution in [1.29, 1.82) is 0 Å². The lowest BCUT2D eigenvalue weighted by atomic mass is 9.79. The molecule has 0 radical (unpaired) electrons. The highest BCUT2D eigenvalue weighted by Crippen LogP contribution is 2.31. The molecular formula is C17H27NOS. The van der Waals surface area contributed by atoms with Gasteiger partial charge >= 0.3 is 0 Å². The van der Waals surface area contributed by atoms with Crippen LogP contribution in [-0.4, -0.2) is 12.5 Å². The van der Waals surface area contributed by atoms with Crippen LogP contribution in [-0.2, 0) is 11.2 Å². The van der Waals surface area contributed by atoms with Crippen LogP contribution in [0.5, 0.6) is 0 Å². The summed E-state index contributed by atoms with van der Waals surface area (Å²) in [5.74, 6) is 1.44. The maximum atomic E-state index is 12.1. The molecule has 1 saturated carbocycles. The Hall–Kier alpha value is -0.830. The van der Waals surface area contributed by atoms with Crippen LogP contribution in [0.1, 0.15) is 57.4 Å². The van der Waals surface area contributed by atoms with E-state index in [0.717, 1.165) is 31.7 Å². The molecule has 1 aromatic heterocycles. The molecule has 0 saturated heterocycles. The van der Waals surface area contributed by atoms with Crippen molar-refractivity contribution >= 4 is 17.2 Å². The molecule has 2 rings (SSSR count). The van der Waals surface area contributed by atoms with Crippen molar-refractivity contribution in [2.24, 2.45) is 11.8 Å². The van der Waals surface area contributed by atoms with Gasteiger partial charge in [-0.3, -0.25) is 4.79 Å². The molecule has 1 aliphatic carbocycles. The largest absolute Gasteiger partial charge is 0.356 e. The highest BCUT2D eigenvalue weighted by atomic mass is 32.1. The first-order chi connectivity index (χ1) is 9.79. The molecule has 2 nitrogen and oxygen atoms in total. The minimum absolute atomic E-state index is 0.273. The first-order valence-corrected chi connectivity index (χ1v) is 9.02. The van der Waals surface area contributed by atoms with E-state index in [1.54, 1.807) is 11.3 Å². The van der Waals surface area contributed by atoms with Crippen LogP contribution in [0.4, 0.5) is 0 Å². The van der Waals surface area contributed by atoms with Gasteiger partial charge in [-0.15, -0.1) is 0 Å². The Labute approximate surface area is 127 Å². The molecule has 1 aromatic rings. The number of thiophene rings is 1. The van der Waals surface area contributed by atoms with Gasteiger partial charge < -0.3 is 5.32 Å². The summed E-state index contributed by atoms with van der Waals surface area (Å²) >= 11 is 1.72. The van der Waals surface area contributed by atoms with Gasteiger partial charge in [-0.1, -0.05) is 26.2 Å². The van der Waals surface area contributed by atoms with Gasteiger partial charge in [0.2, 0.25) is 5.91 Å². The Bertz CT molecular complexity index is 380. The molecule has 1 aliphatic rings. The van der Waals surface area contributed by atoms with Crippen LogP contribution in [0.3, 0.4) is 0 Å². The normalized spacial score (nSPS) is 22.6. The second-order valence-corrected chi connectivity index (χ2v) is 6.81. The van der Waals surface area contributed by atoms with Crippen LogP contribution < -0.4 is 5.32 Å². The second-order valence-electron chi connectivity index (χ2n) is 6.03. The summed E-state index contributed by atoms with van der Waals surface area (Å²) in [5, 5.41) is 7.36. The van der Waals surface area contributed by atoms with Crippen molar-refractivity contribution in [3.05, 3.63) is 22.4 Å². The Kier molecular flexibility index (Phi) is 6.58. The van der Waals surface area contributed by atoms with Crippen LogP contribution in [0.25, 0.3) is 0 Å². The van der Waals surface area contributed by atoms with Crippen molar-refractivity contribution in [3.63, 3.8) is 0 Å². The third-order valence-corrected chi connectivity index (χ3v) is 5.21. The number of carbonyl (C=O) groups excluding carboxylic acids is 1. The Morgan fingerprint density at radius 1 is 1.35 bits per heavy atom. The number of nitrogens with one attached hydrogen (secondary N) is 1. The average Bonchev–Trinajstić information content (AvgIpc) is 2.99. The molecule has 0 bridgehead atoms. The van der Waals surface area contributed by atoms with Gasteiger partial charge in [0.25, 0.3) is 0 Å². The van der Waals surface area contributed by atoms with E-state index >= 15 is 0 Å². The third kappa shape index (κ3) is 4.93. The first-order valence-electron chi connectivity index (χ1n) is 8.08. The van der Waals surface area contributed by atoms with Crippen molar-refractivity contribution in [3.8, 4) is 0 Å². The maximum absolute atomic E-state index is 12.1. The molecule has 1 fully saturated rings. The van der Waals surface area contributed by atoms with E-state index in [2.05, 4.69) is 29.1 Å². The fourth-order valence-corrected chi connectivity index (χ4v) is 3.82. The Morgan fingerprint density at radius 3 is 2.80 bits per heavy atom. The summed E-state index contributed by atoms with van der Waals surface area (Å²) < 4.78 is 0. The zero-order chi connectivity index (χ0) is 14.2. The average molecular weight is 293 g/mol. The molecule has 20 heavy (non-hydrogen) atoms. The predicted octanol–water partition coefficient (Wildman–Crippen LogP) is 4.40. The SMILES string of the molecule is CCCCC1CCC(C(=O)NCCc2ccsc2)CC1. The molecule has 0 spiro atoms. The first kappa shape index (κ1) is 15.6. The Morgan fingerprint density at radius 2 is 2.15 bits per heavy atom. The van der Waals surface area contributed by atoms with Crippen molar-refractivity contribution in [1.82, 2.24) is 5.32 Å². The van der Waals surface area contributed by atoms with Crippen LogP contribution in [0.15, 0.2) is 16.8 Å². The molecule has 1 heterocycles. The standard InChI is InChI=1S/C17H27NOS/c1-2-3-4-14-5-7-16(8-6-14)17(19)18-11-9-15-10-12-20-13-15/h10,12-14,16H,2-9,11H2,1H3,(H,18,19). The van der Waals surface area contributed by atoms with Gasteiger partial charge in [0, 0.05) is 12.5 Å². The summed E-state index contributed by atoms with van der Waals surface area (Å²) in [6.45, 7) is 3.04. The van der Waals surface area contributed by atoms with Gasteiger partial charge in [0.1, 0.15) is 0 Å². The second kappa shape index (κ2) is 8.46. The van der Waals surface area contributed by atoms with Gasteiger partial charge in [-0.05, 0) is 60.4 Å². The summed E-state index contributed by atoms with van der Waals surface area (Å²) in [5.41, 5.74) is 1.33. The Balaban J connectivity index is 1.61. The number of hydrogen-bond acceptors (Lipinski definition) is 2. The number of carbonyl (C=O) groups is 1. The van der Waals surface area contributed by atoms with Crippen molar-refractivity contribution in [2.75, 3.05) is 6.54 Å². The minimum Gasteiger partial charge on any atom is -0.356 e. The molecule has 0 aliphatic heterocycles. The van der Waals surface area contributed by atoms with Crippen LogP contribution in [0, 0.1) is 11.8 Å². The molecule has 1 N–H and O–H groups in total. The fraction of sp³-hybridized carbons (Fsp3) is 0.706. The van der Waals surface area contributed by atoms with Crippen molar-refractivity contribution < 1.29 is 4.79 Å². The molecule has 0 unspecified atom stereocenters. The topological polar surface area (TPSA) is 29.1 Å². The molecule has 0 atom stereocenters. The predicted molar refractivity (Wildman–Crippen MR) is 86.0 cm³/mol. The van der Waals surface area contributed by atoms with Crippen LogP contribution in [0.2, 0.25) is 0 Å². The summed E-state index contributed by atoms with van der Waals surface area (Å²) in [6.07, 6.45) is 9.66. The highest BCUT2D eigenvalue weighted by Gasteiger charge is 2.25. The minimum atomic E-state index is 0.273. The smallest absolute Gasteiger partial charge is 0.223 e. The number of hydrogen-bond donors (Lipinski definition) is 1. The molecule has 112 valence electrons. The summed E-state index contributed by atoms with van der Waals surface area (Å²) in [7, 11) is 0. The molecule has 1 amide bonds. The summed E-state index contributed by atoms with van der Waals surface area (Å²) in [6, 6.07) is 2.13. The van der Waals surface area contributed by atoms with Gasteiger partial charge in [0.05, 0.1) is 0 Å². The quantitative estimate of drug-likeness (QED) is 0.793. The van der Waals surface area contributed by atoms with Gasteiger partial charge in [0.15, 0.2) is 0 Å². The van der Waals surface area contributed by atoms with Crippen molar-refractivity contribution in [2.45, 2.75) is 58.3 Å². The van der Waals surface area contributed by atoms with E-state index in [1.807, 2.05) is 0 Å². The lowest BCUT2D eigenvalue weighted by Gasteiger charge is -2.27. The lowest BCUT2D eigenvalue weighted by molar-refractivity contribution is -0.126. The monoisotopic (exact) mass is 293 g/mol. The number of amides is 1. The third-order valence-electron chi connectivity index (χ3n) is 4.48. The maximum Gasteiger partial charge on any atom is 0.223 e. The van der Waals surface area contributed by atoms with E-state index in [0.29, 0.717) is 0 Å². The van der Waals surface area contributed by atoms with Crippen LogP contribution >= 0.6 is 11.3 Å². The summed E-state index contributed by atoms with van der Waals surface area (Å²) in [4.78, 5) is 12.1.